The highest BCUT2D eigenvalue weighted by molar-refractivity contribution is 5.81. The quantitative estimate of drug-likeness (QED) is 0.533. The highest BCUT2D eigenvalue weighted by atomic mass is 19.4. The van der Waals surface area contributed by atoms with E-state index in [1.54, 1.807) is 4.90 Å². The Kier molecular flexibility index (Phi) is 5.95. The maximum atomic E-state index is 14.4. The van der Waals surface area contributed by atoms with Crippen LogP contribution < -0.4 is 0 Å². The van der Waals surface area contributed by atoms with Gasteiger partial charge in [0.15, 0.2) is 6.23 Å². The molecule has 4 rings (SSSR count). The summed E-state index contributed by atoms with van der Waals surface area (Å²) in [7, 11) is 0. The number of hydrogen-bond donors (Lipinski definition) is 0. The summed E-state index contributed by atoms with van der Waals surface area (Å²) in [5.41, 5.74) is 0. The molecular weight excluding hydrogens is 379 g/mol. The van der Waals surface area contributed by atoms with Crippen LogP contribution in [0.1, 0.15) is 78.6 Å². The number of nitrogens with zero attached hydrogens (tertiary/aromatic N) is 1. The number of piperidine rings is 1. The van der Waals surface area contributed by atoms with Crippen molar-refractivity contribution >= 4 is 5.91 Å². The molecule has 3 nitrogen and oxygen atoms in total. The van der Waals surface area contributed by atoms with E-state index < -0.39 is 24.4 Å². The average Bonchev–Trinajstić information content (AvgIpc) is 3.41. The zero-order valence-electron chi connectivity index (χ0n) is 18.0. The van der Waals surface area contributed by atoms with Crippen molar-refractivity contribution in [2.45, 2.75) is 103 Å². The summed E-state index contributed by atoms with van der Waals surface area (Å²) in [6, 6.07) is -0.781. The van der Waals surface area contributed by atoms with Crippen molar-refractivity contribution in [2.75, 3.05) is 0 Å². The molecule has 29 heavy (non-hydrogen) atoms. The van der Waals surface area contributed by atoms with Crippen molar-refractivity contribution in [3.05, 3.63) is 0 Å². The van der Waals surface area contributed by atoms with Crippen LogP contribution in [0.25, 0.3) is 0 Å². The zero-order chi connectivity index (χ0) is 20.9. The molecule has 9 unspecified atom stereocenters. The lowest BCUT2D eigenvalue weighted by Gasteiger charge is -2.47. The Labute approximate surface area is 172 Å². The second kappa shape index (κ2) is 8.05. The van der Waals surface area contributed by atoms with E-state index >= 15 is 0 Å². The monoisotopic (exact) mass is 415 g/mol. The number of carbonyl (C=O) groups is 1. The van der Waals surface area contributed by atoms with Crippen molar-refractivity contribution in [3.63, 3.8) is 0 Å². The largest absolute Gasteiger partial charge is 0.394 e. The highest BCUT2D eigenvalue weighted by Crippen LogP contribution is 2.53. The van der Waals surface area contributed by atoms with Crippen molar-refractivity contribution in [1.29, 1.82) is 0 Å². The maximum absolute atomic E-state index is 14.4. The number of rotatable bonds is 5. The lowest BCUT2D eigenvalue weighted by atomic mass is 9.68. The Morgan fingerprint density at radius 1 is 1.10 bits per heavy atom. The number of hydrogen-bond acceptors (Lipinski definition) is 2. The second-order valence-electron chi connectivity index (χ2n) is 10.4. The summed E-state index contributed by atoms with van der Waals surface area (Å²) in [6.45, 7) is 6.14. The normalized spacial score (nSPS) is 42.1. The minimum absolute atomic E-state index is 0.0382. The first-order valence-electron chi connectivity index (χ1n) is 11.8. The van der Waals surface area contributed by atoms with E-state index in [0.29, 0.717) is 37.5 Å². The van der Waals surface area contributed by atoms with Gasteiger partial charge in [0.25, 0.3) is 0 Å². The predicted molar refractivity (Wildman–Crippen MR) is 105 cm³/mol. The number of carbonyl (C=O) groups excluding carboxylic acids is 1. The summed E-state index contributed by atoms with van der Waals surface area (Å²) < 4.78 is 49.2. The lowest BCUT2D eigenvalue weighted by molar-refractivity contribution is -0.216. The molecule has 0 aromatic rings. The molecule has 6 heteroatoms. The number of alkyl halides is 3. The van der Waals surface area contributed by atoms with Crippen molar-refractivity contribution < 1.29 is 22.7 Å². The molecule has 0 N–H and O–H groups in total. The molecule has 0 aromatic heterocycles. The van der Waals surface area contributed by atoms with Crippen LogP contribution in [0.3, 0.4) is 0 Å². The molecule has 2 aliphatic carbocycles. The van der Waals surface area contributed by atoms with Gasteiger partial charge in [-0.05, 0) is 49.9 Å². The van der Waals surface area contributed by atoms with Gasteiger partial charge in [-0.15, -0.1) is 0 Å². The topological polar surface area (TPSA) is 32.8 Å². The first-order chi connectivity index (χ1) is 13.7. The zero-order valence-corrected chi connectivity index (χ0v) is 18.0. The van der Waals surface area contributed by atoms with Crippen LogP contribution in [0.4, 0.5) is 13.2 Å². The van der Waals surface area contributed by atoms with E-state index in [4.69, 9.17) is 4.74 Å². The van der Waals surface area contributed by atoms with E-state index in [9.17, 15) is 18.0 Å². The van der Waals surface area contributed by atoms with Crippen molar-refractivity contribution in [2.24, 2.45) is 35.5 Å². The van der Waals surface area contributed by atoms with Crippen LogP contribution in [0.15, 0.2) is 0 Å². The number of ether oxygens (including phenoxy) is 1. The van der Waals surface area contributed by atoms with E-state index in [1.165, 1.54) is 0 Å². The molecule has 0 aromatic carbocycles. The van der Waals surface area contributed by atoms with E-state index in [-0.39, 0.29) is 29.8 Å². The minimum atomic E-state index is -4.29. The van der Waals surface area contributed by atoms with Gasteiger partial charge in [0.2, 0.25) is 5.91 Å². The van der Waals surface area contributed by atoms with Gasteiger partial charge in [-0.2, -0.15) is 13.2 Å². The Morgan fingerprint density at radius 3 is 2.48 bits per heavy atom. The third-order valence-electron chi connectivity index (χ3n) is 8.15. The van der Waals surface area contributed by atoms with Crippen molar-refractivity contribution in [1.82, 2.24) is 4.90 Å². The molecule has 1 amide bonds. The first kappa shape index (κ1) is 21.5. The number of likely N-dealkylation sites (tertiary alicyclic amines) is 1. The summed E-state index contributed by atoms with van der Waals surface area (Å²) in [5.74, 6) is -1.04. The van der Waals surface area contributed by atoms with Gasteiger partial charge < -0.3 is 9.64 Å². The summed E-state index contributed by atoms with van der Waals surface area (Å²) in [4.78, 5) is 15.1. The van der Waals surface area contributed by atoms with Crippen LogP contribution in [-0.4, -0.2) is 35.4 Å². The fraction of sp³-hybridized carbons (Fsp3) is 0.957. The summed E-state index contributed by atoms with van der Waals surface area (Å²) >= 11 is 0. The van der Waals surface area contributed by atoms with Gasteiger partial charge in [-0.1, -0.05) is 46.5 Å². The fourth-order valence-electron chi connectivity index (χ4n) is 6.80. The third kappa shape index (κ3) is 4.07. The molecule has 4 aliphatic rings. The van der Waals surface area contributed by atoms with E-state index in [1.807, 2.05) is 6.92 Å². The van der Waals surface area contributed by atoms with Gasteiger partial charge in [0, 0.05) is 17.9 Å². The molecular formula is C23H36F3NO2. The van der Waals surface area contributed by atoms with Crippen LogP contribution in [0.2, 0.25) is 0 Å². The molecule has 0 bridgehead atoms. The smallest absolute Gasteiger partial charge is 0.347 e. The van der Waals surface area contributed by atoms with Crippen LogP contribution >= 0.6 is 0 Å². The molecule has 2 saturated carbocycles. The summed E-state index contributed by atoms with van der Waals surface area (Å²) in [5, 5.41) is 0. The van der Waals surface area contributed by atoms with Gasteiger partial charge in [-0.25, -0.2) is 0 Å². The maximum Gasteiger partial charge on any atom is 0.394 e. The number of amides is 1. The molecule has 2 aliphatic heterocycles. The Hall–Kier alpha value is -0.780. The molecule has 0 radical (unpaired) electrons. The van der Waals surface area contributed by atoms with Gasteiger partial charge in [0.05, 0.1) is 5.92 Å². The predicted octanol–water partition coefficient (Wildman–Crippen LogP) is 5.78. The standard InChI is InChI=1S/C23H36F3NO2/c1-4-6-18(19(23(24,25)26)15-8-5-7-13(2)11-15)27-21(28)17-12-14(3)9-10-16(17)20-22(27)29-20/h13-20,22H,4-12H2,1-3H3. The average molecular weight is 416 g/mol. The van der Waals surface area contributed by atoms with Gasteiger partial charge in [0.1, 0.15) is 6.10 Å². The molecule has 9 atom stereocenters. The van der Waals surface area contributed by atoms with Gasteiger partial charge >= 0.3 is 6.18 Å². The number of fused-ring (bicyclic) bond motifs is 3. The van der Waals surface area contributed by atoms with Crippen LogP contribution in [-0.2, 0) is 9.53 Å². The SMILES string of the molecule is CCCC(C(C1CCCC(C)C1)C(F)(F)F)N1C(=O)C2CC(C)CCC2C2OC21. The number of halogens is 3. The first-order valence-corrected chi connectivity index (χ1v) is 11.8. The molecule has 2 saturated heterocycles. The molecule has 0 spiro atoms. The van der Waals surface area contributed by atoms with E-state index in [0.717, 1.165) is 32.1 Å². The highest BCUT2D eigenvalue weighted by Gasteiger charge is 2.64. The molecule has 166 valence electrons. The number of epoxide rings is 1. The van der Waals surface area contributed by atoms with Gasteiger partial charge in [-0.3, -0.25) is 4.79 Å². The Balaban J connectivity index is 1.64. The second-order valence-corrected chi connectivity index (χ2v) is 10.4. The lowest BCUT2D eigenvalue weighted by Crippen LogP contribution is -2.59. The Morgan fingerprint density at radius 2 is 1.83 bits per heavy atom. The molecule has 4 fully saturated rings. The third-order valence-corrected chi connectivity index (χ3v) is 8.15. The summed E-state index contributed by atoms with van der Waals surface area (Å²) in [6.07, 6.45) is 2.26. The molecule has 2 heterocycles. The Bertz CT molecular complexity index is 609. The van der Waals surface area contributed by atoms with Crippen molar-refractivity contribution in [3.8, 4) is 0 Å². The van der Waals surface area contributed by atoms with E-state index in [2.05, 4.69) is 13.8 Å². The van der Waals surface area contributed by atoms with Crippen LogP contribution in [0, 0.1) is 35.5 Å². The van der Waals surface area contributed by atoms with Crippen LogP contribution in [0.5, 0.6) is 0 Å². The minimum Gasteiger partial charge on any atom is -0.347 e. The fourth-order valence-corrected chi connectivity index (χ4v) is 6.80.